The summed E-state index contributed by atoms with van der Waals surface area (Å²) < 4.78 is 23.5. The van der Waals surface area contributed by atoms with E-state index in [2.05, 4.69) is 47.8 Å². The van der Waals surface area contributed by atoms with Crippen molar-refractivity contribution in [2.24, 2.45) is 5.92 Å². The number of hydrogen-bond donors (Lipinski definition) is 0. The summed E-state index contributed by atoms with van der Waals surface area (Å²) in [6.45, 7) is 5.23. The molecule has 2 atom stereocenters. The van der Waals surface area contributed by atoms with Gasteiger partial charge in [0, 0.05) is 19.0 Å². The molecule has 8 heteroatoms. The lowest BCUT2D eigenvalue weighted by atomic mass is 9.88. The van der Waals surface area contributed by atoms with Crippen LogP contribution in [-0.4, -0.2) is 39.0 Å². The van der Waals surface area contributed by atoms with Gasteiger partial charge in [0.2, 0.25) is 7.38 Å². The predicted octanol–water partition coefficient (Wildman–Crippen LogP) is 3.62. The minimum Gasteiger partial charge on any atom is -0.343 e. The first kappa shape index (κ1) is 18.9. The summed E-state index contributed by atoms with van der Waals surface area (Å²) in [6.07, 6.45) is 2.56. The molecule has 1 aliphatic rings. The Morgan fingerprint density at radius 3 is 2.20 bits per heavy atom. The maximum Gasteiger partial charge on any atom is 0.235 e. The number of amides is 1. The van der Waals surface area contributed by atoms with Crippen LogP contribution in [0.25, 0.3) is 0 Å². The molecule has 1 fully saturated rings. The van der Waals surface area contributed by atoms with E-state index in [1.165, 1.54) is 0 Å². The van der Waals surface area contributed by atoms with Crippen LogP contribution in [0.2, 0.25) is 0 Å². The van der Waals surface area contributed by atoms with Gasteiger partial charge in [-0.3, -0.25) is 4.79 Å². The molecular formula is C12H20Br3NO3S. The summed E-state index contributed by atoms with van der Waals surface area (Å²) in [6, 6.07) is 0. The van der Waals surface area contributed by atoms with Crippen molar-refractivity contribution < 1.29 is 13.2 Å². The molecule has 1 amide bonds. The van der Waals surface area contributed by atoms with E-state index >= 15 is 0 Å². The van der Waals surface area contributed by atoms with Gasteiger partial charge in [0.05, 0.1) is 5.25 Å². The topological polar surface area (TPSA) is 54.5 Å². The van der Waals surface area contributed by atoms with E-state index in [-0.39, 0.29) is 11.8 Å². The summed E-state index contributed by atoms with van der Waals surface area (Å²) in [5.41, 5.74) is 0. The quantitative estimate of drug-likeness (QED) is 0.557. The number of rotatable bonds is 4. The second-order valence-corrected chi connectivity index (χ2v) is 15.7. The van der Waals surface area contributed by atoms with Crippen molar-refractivity contribution >= 4 is 63.5 Å². The first-order valence-corrected chi connectivity index (χ1v) is 10.7. The van der Waals surface area contributed by atoms with Crippen molar-refractivity contribution in [3.05, 3.63) is 0 Å². The van der Waals surface area contributed by atoms with Crippen LogP contribution in [0.15, 0.2) is 0 Å². The van der Waals surface area contributed by atoms with Gasteiger partial charge in [-0.1, -0.05) is 6.42 Å². The van der Waals surface area contributed by atoms with Gasteiger partial charge in [-0.15, -0.1) is 0 Å². The van der Waals surface area contributed by atoms with Gasteiger partial charge in [-0.2, -0.15) is 0 Å². The van der Waals surface area contributed by atoms with E-state index in [1.807, 2.05) is 13.8 Å². The average Bonchev–Trinajstić information content (AvgIpc) is 2.39. The number of halogens is 3. The maximum atomic E-state index is 12.4. The summed E-state index contributed by atoms with van der Waals surface area (Å²) >= 11 is 9.30. The van der Waals surface area contributed by atoms with Crippen molar-refractivity contribution in [1.82, 2.24) is 4.90 Å². The summed E-state index contributed by atoms with van der Waals surface area (Å²) in [7, 11) is -3.43. The molecule has 0 saturated heterocycles. The third kappa shape index (κ3) is 4.20. The predicted molar refractivity (Wildman–Crippen MR) is 92.1 cm³/mol. The second-order valence-electron chi connectivity index (χ2n) is 4.99. The maximum absolute atomic E-state index is 12.4. The molecule has 118 valence electrons. The molecule has 0 aliphatic heterocycles. The van der Waals surface area contributed by atoms with Crippen molar-refractivity contribution in [3.8, 4) is 0 Å². The molecule has 0 bridgehead atoms. The number of hydrogen-bond acceptors (Lipinski definition) is 3. The van der Waals surface area contributed by atoms with Crippen LogP contribution in [0.1, 0.15) is 39.5 Å². The van der Waals surface area contributed by atoms with Gasteiger partial charge in [-0.05, 0) is 80.9 Å². The number of carbonyl (C=O) groups excluding carboxylic acids is 1. The molecule has 0 spiro atoms. The minimum atomic E-state index is -3.43. The van der Waals surface area contributed by atoms with E-state index in [0.29, 0.717) is 25.9 Å². The fourth-order valence-corrected chi connectivity index (χ4v) is 6.35. The molecule has 1 rings (SSSR count). The van der Waals surface area contributed by atoms with Crippen molar-refractivity contribution in [1.29, 1.82) is 0 Å². The van der Waals surface area contributed by atoms with Crippen LogP contribution in [0.3, 0.4) is 0 Å². The van der Waals surface area contributed by atoms with Crippen LogP contribution in [-0.2, 0) is 14.6 Å². The van der Waals surface area contributed by atoms with E-state index in [1.54, 1.807) is 4.90 Å². The Morgan fingerprint density at radius 1 is 1.20 bits per heavy atom. The monoisotopic (exact) mass is 495 g/mol. The molecule has 0 heterocycles. The molecule has 0 aromatic carbocycles. The Kier molecular flexibility index (Phi) is 7.01. The van der Waals surface area contributed by atoms with Gasteiger partial charge >= 0.3 is 0 Å². The Hall–Kier alpha value is 0.860. The molecule has 0 N–H and O–H groups in total. The van der Waals surface area contributed by atoms with E-state index in [4.69, 9.17) is 0 Å². The lowest BCUT2D eigenvalue weighted by Crippen LogP contribution is -2.42. The Balaban J connectivity index is 2.85. The smallest absolute Gasteiger partial charge is 0.235 e. The van der Waals surface area contributed by atoms with Crippen molar-refractivity contribution in [2.75, 3.05) is 13.1 Å². The molecule has 0 aromatic rings. The molecule has 1 saturated carbocycles. The minimum absolute atomic E-state index is 0.0826. The van der Waals surface area contributed by atoms with Crippen molar-refractivity contribution in [2.45, 2.75) is 46.3 Å². The fraction of sp³-hybridized carbons (Fsp3) is 0.917. The number of alkyl halides is 3. The second kappa shape index (κ2) is 7.42. The van der Waals surface area contributed by atoms with Crippen LogP contribution >= 0.6 is 47.8 Å². The Morgan fingerprint density at radius 2 is 1.75 bits per heavy atom. The summed E-state index contributed by atoms with van der Waals surface area (Å²) in [4.78, 5) is 14.2. The fourth-order valence-electron chi connectivity index (χ4n) is 2.63. The SMILES string of the molecule is CCN(CC)C(=O)C1CCCC(S(=O)(=O)C(Br)(Br)Br)C1. The zero-order valence-corrected chi connectivity index (χ0v) is 17.2. The average molecular weight is 498 g/mol. The third-order valence-corrected chi connectivity index (χ3v) is 9.82. The van der Waals surface area contributed by atoms with Crippen LogP contribution in [0.4, 0.5) is 0 Å². The zero-order valence-electron chi connectivity index (χ0n) is 11.6. The highest BCUT2D eigenvalue weighted by molar-refractivity contribution is 9.42. The molecule has 0 aromatic heterocycles. The highest BCUT2D eigenvalue weighted by Gasteiger charge is 2.45. The standard InChI is InChI=1S/C12H20Br3NO3S/c1-3-16(4-2)11(17)9-6-5-7-10(8-9)20(18,19)12(13,14)15/h9-10H,3-8H2,1-2H3. The molecular weight excluding hydrogens is 478 g/mol. The largest absolute Gasteiger partial charge is 0.343 e. The first-order chi connectivity index (χ1) is 9.15. The van der Waals surface area contributed by atoms with Gasteiger partial charge in [0.25, 0.3) is 0 Å². The number of nitrogens with zero attached hydrogens (tertiary/aromatic N) is 1. The van der Waals surface area contributed by atoms with Crippen LogP contribution < -0.4 is 0 Å². The number of sulfone groups is 1. The highest BCUT2D eigenvalue weighted by Crippen LogP contribution is 2.45. The molecule has 0 radical (unpaired) electrons. The third-order valence-electron chi connectivity index (χ3n) is 3.81. The van der Waals surface area contributed by atoms with Crippen LogP contribution in [0.5, 0.6) is 0 Å². The lowest BCUT2D eigenvalue weighted by molar-refractivity contribution is -0.136. The highest BCUT2D eigenvalue weighted by atomic mass is 80.0. The van der Waals surface area contributed by atoms with Crippen molar-refractivity contribution in [3.63, 3.8) is 0 Å². The summed E-state index contributed by atoms with van der Waals surface area (Å²) in [5, 5.41) is -0.501. The Labute approximate surface area is 146 Å². The summed E-state index contributed by atoms with van der Waals surface area (Å²) in [5.74, 6) is -0.0995. The molecule has 2 unspecified atom stereocenters. The Bertz CT molecular complexity index is 443. The van der Waals surface area contributed by atoms with Gasteiger partial charge in [0.1, 0.15) is 0 Å². The normalized spacial score (nSPS) is 24.4. The molecule has 4 nitrogen and oxygen atoms in total. The van der Waals surface area contributed by atoms with E-state index < -0.39 is 16.6 Å². The molecule has 20 heavy (non-hydrogen) atoms. The van der Waals surface area contributed by atoms with Gasteiger partial charge in [0.15, 0.2) is 9.84 Å². The van der Waals surface area contributed by atoms with Crippen LogP contribution in [0, 0.1) is 5.92 Å². The van der Waals surface area contributed by atoms with Gasteiger partial charge < -0.3 is 4.90 Å². The van der Waals surface area contributed by atoms with E-state index in [9.17, 15) is 13.2 Å². The number of carbonyl (C=O) groups is 1. The molecule has 1 aliphatic carbocycles. The zero-order chi connectivity index (χ0) is 15.6. The van der Waals surface area contributed by atoms with Gasteiger partial charge in [-0.25, -0.2) is 8.42 Å². The van der Waals surface area contributed by atoms with E-state index in [0.717, 1.165) is 12.8 Å². The first-order valence-electron chi connectivity index (χ1n) is 6.74. The lowest BCUT2D eigenvalue weighted by Gasteiger charge is -2.33.